The van der Waals surface area contributed by atoms with Gasteiger partial charge in [0.05, 0.1) is 18.2 Å². The van der Waals surface area contributed by atoms with Crippen molar-refractivity contribution in [3.63, 3.8) is 0 Å². The van der Waals surface area contributed by atoms with Crippen molar-refractivity contribution >= 4 is 16.9 Å². The van der Waals surface area contributed by atoms with Gasteiger partial charge in [0.15, 0.2) is 0 Å². The molecule has 21 heavy (non-hydrogen) atoms. The molecule has 0 fully saturated rings. The smallest absolute Gasteiger partial charge is 0.337 e. The predicted molar refractivity (Wildman–Crippen MR) is 83.3 cm³/mol. The van der Waals surface area contributed by atoms with Crippen LogP contribution in [0.25, 0.3) is 22.0 Å². The molecule has 0 bridgehead atoms. The SMILES string of the molecule is COC(=O)c1ccc(C)c(-c2cnc3ccccc3c2)c1. The van der Waals surface area contributed by atoms with Gasteiger partial charge in [-0.05, 0) is 42.3 Å². The molecule has 0 aliphatic rings. The van der Waals surface area contributed by atoms with Crippen LogP contribution in [0.3, 0.4) is 0 Å². The Bertz CT molecular complexity index is 824. The van der Waals surface area contributed by atoms with Gasteiger partial charge in [0.25, 0.3) is 0 Å². The summed E-state index contributed by atoms with van der Waals surface area (Å²) in [7, 11) is 1.39. The van der Waals surface area contributed by atoms with E-state index in [0.717, 1.165) is 27.6 Å². The van der Waals surface area contributed by atoms with Gasteiger partial charge in [-0.1, -0.05) is 24.3 Å². The fourth-order valence-electron chi connectivity index (χ4n) is 2.40. The average Bonchev–Trinajstić information content (AvgIpc) is 2.54. The second-order valence-electron chi connectivity index (χ2n) is 4.94. The number of nitrogens with zero attached hydrogens (tertiary/aromatic N) is 1. The van der Waals surface area contributed by atoms with E-state index < -0.39 is 0 Å². The molecule has 0 unspecified atom stereocenters. The van der Waals surface area contributed by atoms with Gasteiger partial charge < -0.3 is 4.74 Å². The van der Waals surface area contributed by atoms with Crippen LogP contribution in [0.4, 0.5) is 0 Å². The highest BCUT2D eigenvalue weighted by Crippen LogP contribution is 2.27. The largest absolute Gasteiger partial charge is 0.465 e. The van der Waals surface area contributed by atoms with Crippen LogP contribution in [0.15, 0.2) is 54.7 Å². The topological polar surface area (TPSA) is 39.2 Å². The Kier molecular flexibility index (Phi) is 3.40. The third-order valence-electron chi connectivity index (χ3n) is 3.56. The zero-order valence-electron chi connectivity index (χ0n) is 12.0. The number of pyridine rings is 1. The summed E-state index contributed by atoms with van der Waals surface area (Å²) in [5, 5.41) is 1.08. The van der Waals surface area contributed by atoms with Crippen LogP contribution >= 0.6 is 0 Å². The molecule has 2 aromatic carbocycles. The van der Waals surface area contributed by atoms with Crippen LogP contribution in [-0.4, -0.2) is 18.1 Å². The molecule has 3 heteroatoms. The maximum atomic E-state index is 11.7. The molecule has 0 saturated heterocycles. The molecule has 1 aromatic heterocycles. The van der Waals surface area contributed by atoms with Crippen molar-refractivity contribution in [1.29, 1.82) is 0 Å². The van der Waals surface area contributed by atoms with Gasteiger partial charge in [0.2, 0.25) is 0 Å². The Morgan fingerprint density at radius 2 is 1.90 bits per heavy atom. The summed E-state index contributed by atoms with van der Waals surface area (Å²) in [6.45, 7) is 2.02. The lowest BCUT2D eigenvalue weighted by molar-refractivity contribution is 0.0601. The Morgan fingerprint density at radius 3 is 2.71 bits per heavy atom. The molecule has 1 heterocycles. The van der Waals surface area contributed by atoms with E-state index in [1.807, 2.05) is 49.5 Å². The maximum Gasteiger partial charge on any atom is 0.337 e. The molecule has 3 nitrogen and oxygen atoms in total. The normalized spacial score (nSPS) is 10.6. The quantitative estimate of drug-likeness (QED) is 0.665. The summed E-state index contributed by atoms with van der Waals surface area (Å²) in [4.78, 5) is 16.2. The van der Waals surface area contributed by atoms with Crippen molar-refractivity contribution in [2.24, 2.45) is 0 Å². The minimum absolute atomic E-state index is 0.329. The van der Waals surface area contributed by atoms with E-state index in [4.69, 9.17) is 4.74 Å². The van der Waals surface area contributed by atoms with Gasteiger partial charge in [0, 0.05) is 17.1 Å². The summed E-state index contributed by atoms with van der Waals surface area (Å²) >= 11 is 0. The molecule has 0 radical (unpaired) electrons. The number of esters is 1. The van der Waals surface area contributed by atoms with Gasteiger partial charge in [-0.15, -0.1) is 0 Å². The lowest BCUT2D eigenvalue weighted by Crippen LogP contribution is -2.01. The second-order valence-corrected chi connectivity index (χ2v) is 4.94. The third-order valence-corrected chi connectivity index (χ3v) is 3.56. The monoisotopic (exact) mass is 277 g/mol. The number of benzene rings is 2. The van der Waals surface area contributed by atoms with Crippen molar-refractivity contribution in [3.05, 3.63) is 65.9 Å². The summed E-state index contributed by atoms with van der Waals surface area (Å²) in [6.07, 6.45) is 1.84. The lowest BCUT2D eigenvalue weighted by atomic mass is 9.98. The summed E-state index contributed by atoms with van der Waals surface area (Å²) in [6, 6.07) is 15.6. The molecule has 0 N–H and O–H groups in total. The number of fused-ring (bicyclic) bond motifs is 1. The molecule has 104 valence electrons. The first-order valence-electron chi connectivity index (χ1n) is 6.73. The van der Waals surface area contributed by atoms with Gasteiger partial charge in [-0.2, -0.15) is 0 Å². The van der Waals surface area contributed by atoms with E-state index in [1.165, 1.54) is 7.11 Å². The van der Waals surface area contributed by atoms with Crippen molar-refractivity contribution < 1.29 is 9.53 Å². The first-order chi connectivity index (χ1) is 10.2. The van der Waals surface area contributed by atoms with E-state index >= 15 is 0 Å². The van der Waals surface area contributed by atoms with Crippen molar-refractivity contribution in [3.8, 4) is 11.1 Å². The molecule has 3 aromatic rings. The number of rotatable bonds is 2. The maximum absolute atomic E-state index is 11.7. The van der Waals surface area contributed by atoms with Gasteiger partial charge >= 0.3 is 5.97 Å². The number of aromatic nitrogens is 1. The van der Waals surface area contributed by atoms with Crippen LogP contribution in [0.2, 0.25) is 0 Å². The Hall–Kier alpha value is -2.68. The molecule has 0 aliphatic heterocycles. The molecular weight excluding hydrogens is 262 g/mol. The minimum atomic E-state index is -0.329. The first kappa shape index (κ1) is 13.3. The van der Waals surface area contributed by atoms with Gasteiger partial charge in [0.1, 0.15) is 0 Å². The van der Waals surface area contributed by atoms with Crippen LogP contribution in [-0.2, 0) is 4.74 Å². The van der Waals surface area contributed by atoms with E-state index in [9.17, 15) is 4.79 Å². The molecule has 3 rings (SSSR count). The number of para-hydroxylation sites is 1. The van der Waals surface area contributed by atoms with Crippen LogP contribution in [0.1, 0.15) is 15.9 Å². The van der Waals surface area contributed by atoms with Crippen LogP contribution in [0.5, 0.6) is 0 Å². The molecule has 0 saturated carbocycles. The zero-order chi connectivity index (χ0) is 14.8. The number of methoxy groups -OCH3 is 1. The number of carbonyl (C=O) groups is 1. The number of hydrogen-bond donors (Lipinski definition) is 0. The highest BCUT2D eigenvalue weighted by Gasteiger charge is 2.10. The fraction of sp³-hybridized carbons (Fsp3) is 0.111. The summed E-state index contributed by atoms with van der Waals surface area (Å²) in [5.41, 5.74) is 4.60. The standard InChI is InChI=1S/C18H15NO2/c1-12-7-8-14(18(20)21-2)10-16(12)15-9-13-5-3-4-6-17(13)19-11-15/h3-11H,1-2H3. The van der Waals surface area contributed by atoms with Crippen molar-refractivity contribution in [2.75, 3.05) is 7.11 Å². The highest BCUT2D eigenvalue weighted by molar-refractivity contribution is 5.92. The zero-order valence-corrected chi connectivity index (χ0v) is 12.0. The molecular formula is C18H15NO2. The minimum Gasteiger partial charge on any atom is -0.465 e. The number of ether oxygens (including phenoxy) is 1. The fourth-order valence-corrected chi connectivity index (χ4v) is 2.40. The van der Waals surface area contributed by atoms with E-state index in [1.54, 1.807) is 6.07 Å². The molecule has 0 atom stereocenters. The summed E-state index contributed by atoms with van der Waals surface area (Å²) < 4.78 is 4.78. The number of carbonyl (C=O) groups excluding carboxylic acids is 1. The van der Waals surface area contributed by atoms with Crippen LogP contribution in [0, 0.1) is 6.92 Å². The van der Waals surface area contributed by atoms with Crippen molar-refractivity contribution in [1.82, 2.24) is 4.98 Å². The lowest BCUT2D eigenvalue weighted by Gasteiger charge is -2.09. The molecule has 0 spiro atoms. The summed E-state index contributed by atoms with van der Waals surface area (Å²) in [5.74, 6) is -0.329. The second kappa shape index (κ2) is 5.37. The van der Waals surface area contributed by atoms with E-state index in [-0.39, 0.29) is 5.97 Å². The van der Waals surface area contributed by atoms with Crippen LogP contribution < -0.4 is 0 Å². The number of aryl methyl sites for hydroxylation is 1. The van der Waals surface area contributed by atoms with Gasteiger partial charge in [-0.25, -0.2) is 4.79 Å². The molecule has 0 amide bonds. The Morgan fingerprint density at radius 1 is 1.10 bits per heavy atom. The average molecular weight is 277 g/mol. The number of hydrogen-bond acceptors (Lipinski definition) is 3. The first-order valence-corrected chi connectivity index (χ1v) is 6.73. The Labute approximate surface area is 123 Å². The van der Waals surface area contributed by atoms with Gasteiger partial charge in [-0.3, -0.25) is 4.98 Å². The molecule has 0 aliphatic carbocycles. The Balaban J connectivity index is 2.15. The van der Waals surface area contributed by atoms with E-state index in [0.29, 0.717) is 5.56 Å². The van der Waals surface area contributed by atoms with Crippen molar-refractivity contribution in [2.45, 2.75) is 6.92 Å². The highest BCUT2D eigenvalue weighted by atomic mass is 16.5. The third kappa shape index (κ3) is 2.50. The van der Waals surface area contributed by atoms with E-state index in [2.05, 4.69) is 11.1 Å². The predicted octanol–water partition coefficient (Wildman–Crippen LogP) is 4.00.